The van der Waals surface area contributed by atoms with Gasteiger partial charge in [-0.2, -0.15) is 0 Å². The number of hydrogen-bond donors (Lipinski definition) is 2. The molecule has 3 N–H and O–H groups in total. The Morgan fingerprint density at radius 1 is 1.50 bits per heavy atom. The molecule has 0 atom stereocenters. The number of nitrogens with two attached hydrogens (primary N) is 1. The Hall–Kier alpha value is -2.37. The van der Waals surface area contributed by atoms with Gasteiger partial charge >= 0.3 is 5.97 Å². The van der Waals surface area contributed by atoms with E-state index in [0.29, 0.717) is 5.82 Å². The smallest absolute Gasteiger partial charge is 0.337 e. The zero-order valence-electron chi connectivity index (χ0n) is 8.58. The molecule has 2 aromatic rings. The van der Waals surface area contributed by atoms with Crippen LogP contribution < -0.4 is 5.73 Å². The first-order chi connectivity index (χ1) is 7.59. The zero-order valence-corrected chi connectivity index (χ0v) is 8.58. The summed E-state index contributed by atoms with van der Waals surface area (Å²) in [5, 5.41) is 8.92. The predicted octanol–water partition coefficient (Wildman–Crippen LogP) is 0.856. The van der Waals surface area contributed by atoms with Gasteiger partial charge in [-0.05, 0) is 13.0 Å². The quantitative estimate of drug-likeness (QED) is 0.779. The average Bonchev–Trinajstić information content (AvgIpc) is 2.65. The molecule has 82 valence electrons. The van der Waals surface area contributed by atoms with Gasteiger partial charge < -0.3 is 10.8 Å². The van der Waals surface area contributed by atoms with E-state index in [1.807, 2.05) is 0 Å². The van der Waals surface area contributed by atoms with Gasteiger partial charge in [0.2, 0.25) is 0 Å². The molecule has 0 bridgehead atoms. The highest BCUT2D eigenvalue weighted by atomic mass is 16.4. The van der Waals surface area contributed by atoms with E-state index in [9.17, 15) is 4.79 Å². The van der Waals surface area contributed by atoms with E-state index < -0.39 is 5.97 Å². The van der Waals surface area contributed by atoms with Gasteiger partial charge in [0.1, 0.15) is 11.6 Å². The highest BCUT2D eigenvalue weighted by Crippen LogP contribution is 2.15. The summed E-state index contributed by atoms with van der Waals surface area (Å²) in [6.07, 6.45) is 4.66. The summed E-state index contributed by atoms with van der Waals surface area (Å²) in [6.45, 7) is 1.80. The molecule has 0 aliphatic heterocycles. The average molecular weight is 218 g/mol. The van der Waals surface area contributed by atoms with Crippen LogP contribution in [-0.4, -0.2) is 25.6 Å². The molecule has 0 radical (unpaired) electrons. The number of aromatic carboxylic acids is 1. The zero-order chi connectivity index (χ0) is 11.7. The topological polar surface area (TPSA) is 94.0 Å². The number of nitrogen functional groups attached to an aromatic ring is 1. The molecule has 0 saturated heterocycles. The second-order valence-corrected chi connectivity index (χ2v) is 3.28. The minimum Gasteiger partial charge on any atom is -0.478 e. The van der Waals surface area contributed by atoms with Crippen LogP contribution >= 0.6 is 0 Å². The molecule has 0 unspecified atom stereocenters. The predicted molar refractivity (Wildman–Crippen MR) is 57.5 cm³/mol. The second kappa shape index (κ2) is 3.65. The molecule has 16 heavy (non-hydrogen) atoms. The van der Waals surface area contributed by atoms with E-state index in [2.05, 4.69) is 9.97 Å². The fourth-order valence-electron chi connectivity index (χ4n) is 1.39. The Morgan fingerprint density at radius 3 is 2.81 bits per heavy atom. The number of hydrogen-bond acceptors (Lipinski definition) is 4. The van der Waals surface area contributed by atoms with Crippen molar-refractivity contribution in [1.29, 1.82) is 0 Å². The van der Waals surface area contributed by atoms with E-state index >= 15 is 0 Å². The molecule has 6 heteroatoms. The van der Waals surface area contributed by atoms with E-state index in [-0.39, 0.29) is 11.3 Å². The molecule has 0 amide bonds. The minimum absolute atomic E-state index is 0.0399. The van der Waals surface area contributed by atoms with Crippen LogP contribution in [0.3, 0.4) is 0 Å². The number of aryl methyl sites for hydroxylation is 1. The van der Waals surface area contributed by atoms with E-state index in [0.717, 1.165) is 5.82 Å². The molecule has 0 fully saturated rings. The number of rotatable bonds is 2. The molecular formula is C10H10N4O2. The Balaban J connectivity index is 2.56. The summed E-state index contributed by atoms with van der Waals surface area (Å²) < 4.78 is 1.69. The summed E-state index contributed by atoms with van der Waals surface area (Å²) >= 11 is 0. The van der Waals surface area contributed by atoms with Crippen LogP contribution in [0.25, 0.3) is 5.82 Å². The number of imidazole rings is 1. The highest BCUT2D eigenvalue weighted by molar-refractivity contribution is 5.93. The van der Waals surface area contributed by atoms with Crippen LogP contribution in [0.1, 0.15) is 16.2 Å². The lowest BCUT2D eigenvalue weighted by Crippen LogP contribution is -2.07. The number of pyridine rings is 1. The summed E-state index contributed by atoms with van der Waals surface area (Å²) in [5.41, 5.74) is 5.70. The van der Waals surface area contributed by atoms with Gasteiger partial charge in [0, 0.05) is 12.4 Å². The van der Waals surface area contributed by atoms with Crippen LogP contribution in [0.2, 0.25) is 0 Å². The van der Waals surface area contributed by atoms with Crippen LogP contribution in [0.15, 0.2) is 24.7 Å². The van der Waals surface area contributed by atoms with Crippen molar-refractivity contribution in [2.75, 3.05) is 5.73 Å². The first-order valence-corrected chi connectivity index (χ1v) is 4.58. The van der Waals surface area contributed by atoms with Crippen molar-refractivity contribution in [1.82, 2.24) is 14.5 Å². The maximum absolute atomic E-state index is 10.9. The van der Waals surface area contributed by atoms with Crippen molar-refractivity contribution >= 4 is 11.7 Å². The molecule has 2 aromatic heterocycles. The molecule has 0 saturated carbocycles. The maximum atomic E-state index is 10.9. The van der Waals surface area contributed by atoms with Crippen molar-refractivity contribution in [3.63, 3.8) is 0 Å². The highest BCUT2D eigenvalue weighted by Gasteiger charge is 2.11. The fraction of sp³-hybridized carbons (Fsp3) is 0.100. The lowest BCUT2D eigenvalue weighted by molar-refractivity contribution is 0.0698. The largest absolute Gasteiger partial charge is 0.478 e. The Kier molecular flexibility index (Phi) is 2.32. The maximum Gasteiger partial charge on any atom is 0.337 e. The van der Waals surface area contributed by atoms with Crippen molar-refractivity contribution in [2.45, 2.75) is 6.92 Å². The summed E-state index contributed by atoms with van der Waals surface area (Å²) in [4.78, 5) is 19.0. The number of nitrogens with zero attached hydrogens (tertiary/aromatic N) is 3. The molecule has 2 heterocycles. The van der Waals surface area contributed by atoms with Crippen molar-refractivity contribution in [2.24, 2.45) is 0 Å². The number of carboxylic acid groups (broad SMARTS) is 1. The monoisotopic (exact) mass is 218 g/mol. The van der Waals surface area contributed by atoms with Crippen LogP contribution in [-0.2, 0) is 0 Å². The van der Waals surface area contributed by atoms with Gasteiger partial charge in [0.15, 0.2) is 0 Å². The van der Waals surface area contributed by atoms with Crippen LogP contribution in [0, 0.1) is 6.92 Å². The van der Waals surface area contributed by atoms with E-state index in [4.69, 9.17) is 10.8 Å². The molecular weight excluding hydrogens is 208 g/mol. The number of anilines is 1. The van der Waals surface area contributed by atoms with Crippen molar-refractivity contribution in [3.05, 3.63) is 36.0 Å². The van der Waals surface area contributed by atoms with Gasteiger partial charge in [0.05, 0.1) is 17.4 Å². The van der Waals surface area contributed by atoms with Crippen LogP contribution in [0.5, 0.6) is 0 Å². The standard InChI is InChI=1S/C10H10N4O2/c1-6-12-2-3-14(6)9-4-7(10(15)16)8(11)5-13-9/h2-5H,11H2,1H3,(H,15,16). The third-order valence-electron chi connectivity index (χ3n) is 2.22. The third kappa shape index (κ3) is 1.60. The fourth-order valence-corrected chi connectivity index (χ4v) is 1.39. The second-order valence-electron chi connectivity index (χ2n) is 3.28. The summed E-state index contributed by atoms with van der Waals surface area (Å²) in [7, 11) is 0. The summed E-state index contributed by atoms with van der Waals surface area (Å²) in [6, 6.07) is 1.42. The SMILES string of the molecule is Cc1nccn1-c1cc(C(=O)O)c(N)cn1. The van der Waals surface area contributed by atoms with Crippen molar-refractivity contribution in [3.8, 4) is 5.82 Å². The molecule has 0 aliphatic rings. The third-order valence-corrected chi connectivity index (χ3v) is 2.22. The molecule has 2 rings (SSSR count). The first-order valence-electron chi connectivity index (χ1n) is 4.58. The van der Waals surface area contributed by atoms with Gasteiger partial charge in [0.25, 0.3) is 0 Å². The van der Waals surface area contributed by atoms with Gasteiger partial charge in [-0.1, -0.05) is 0 Å². The van der Waals surface area contributed by atoms with E-state index in [1.54, 1.807) is 23.9 Å². The Labute approximate surface area is 91.4 Å². The summed E-state index contributed by atoms with van der Waals surface area (Å²) in [5.74, 6) is 0.147. The Bertz CT molecular complexity index is 548. The molecule has 0 aromatic carbocycles. The van der Waals surface area contributed by atoms with E-state index in [1.165, 1.54) is 12.3 Å². The molecule has 0 spiro atoms. The molecule has 6 nitrogen and oxygen atoms in total. The van der Waals surface area contributed by atoms with Crippen LogP contribution in [0.4, 0.5) is 5.69 Å². The minimum atomic E-state index is -1.07. The van der Waals surface area contributed by atoms with Crippen molar-refractivity contribution < 1.29 is 9.90 Å². The van der Waals surface area contributed by atoms with Gasteiger partial charge in [-0.3, -0.25) is 4.57 Å². The Morgan fingerprint density at radius 2 is 2.25 bits per heavy atom. The van der Waals surface area contributed by atoms with Gasteiger partial charge in [-0.15, -0.1) is 0 Å². The molecule has 0 aliphatic carbocycles. The van der Waals surface area contributed by atoms with Gasteiger partial charge in [-0.25, -0.2) is 14.8 Å². The lowest BCUT2D eigenvalue weighted by atomic mass is 10.2. The number of carboxylic acids is 1. The lowest BCUT2D eigenvalue weighted by Gasteiger charge is -2.06. The normalized spacial score (nSPS) is 10.3. The number of aromatic nitrogens is 3. The first kappa shape index (κ1) is 10.2. The number of carbonyl (C=O) groups is 1.